The Morgan fingerprint density at radius 3 is 2.39 bits per heavy atom. The van der Waals surface area contributed by atoms with E-state index in [1.807, 2.05) is 6.92 Å². The fourth-order valence-electron chi connectivity index (χ4n) is 1.44. The average molecular weight is 288 g/mol. The molecule has 1 rings (SSSR count). The van der Waals surface area contributed by atoms with Gasteiger partial charge in [-0.25, -0.2) is 4.39 Å². The van der Waals surface area contributed by atoms with Crippen LogP contribution in [0, 0.1) is 5.82 Å². The second-order valence-corrected chi connectivity index (χ2v) is 3.81. The SMILES string of the molecule is CCCCCOc1ccc(F)cc1[B-](F)(F)F.[K+]. The monoisotopic (exact) mass is 288 g/mol. The van der Waals surface area contributed by atoms with Gasteiger partial charge in [-0.1, -0.05) is 25.2 Å². The number of hydrogen-bond acceptors (Lipinski definition) is 1. The van der Waals surface area contributed by atoms with Crippen molar-refractivity contribution in [3.05, 3.63) is 24.0 Å². The van der Waals surface area contributed by atoms with Crippen molar-refractivity contribution in [2.45, 2.75) is 26.2 Å². The van der Waals surface area contributed by atoms with E-state index in [-0.39, 0.29) is 63.7 Å². The Hall–Kier alpha value is 0.441. The van der Waals surface area contributed by atoms with Crippen molar-refractivity contribution < 1.29 is 73.5 Å². The van der Waals surface area contributed by atoms with E-state index in [4.69, 9.17) is 4.74 Å². The first-order valence-corrected chi connectivity index (χ1v) is 5.57. The van der Waals surface area contributed by atoms with Gasteiger partial charge in [0.15, 0.2) is 0 Å². The molecule has 1 aromatic carbocycles. The van der Waals surface area contributed by atoms with Crippen LogP contribution in [0.3, 0.4) is 0 Å². The number of rotatable bonds is 6. The Labute approximate surface area is 147 Å². The van der Waals surface area contributed by atoms with Crippen molar-refractivity contribution in [3.8, 4) is 5.75 Å². The molecule has 7 heteroatoms. The molecule has 0 heterocycles. The fourth-order valence-corrected chi connectivity index (χ4v) is 1.44. The third kappa shape index (κ3) is 6.06. The van der Waals surface area contributed by atoms with Crippen LogP contribution in [0.1, 0.15) is 26.2 Å². The maximum Gasteiger partial charge on any atom is 1.00 e. The maximum absolute atomic E-state index is 12.8. The Morgan fingerprint density at radius 2 is 1.83 bits per heavy atom. The molecule has 0 aliphatic heterocycles. The van der Waals surface area contributed by atoms with Gasteiger partial charge in [0.2, 0.25) is 0 Å². The molecule has 0 saturated carbocycles. The first kappa shape index (κ1) is 18.4. The van der Waals surface area contributed by atoms with Gasteiger partial charge >= 0.3 is 58.4 Å². The van der Waals surface area contributed by atoms with E-state index in [9.17, 15) is 17.3 Å². The summed E-state index contributed by atoms with van der Waals surface area (Å²) in [4.78, 5) is 0. The molecular formula is C11H14BF4KO. The summed E-state index contributed by atoms with van der Waals surface area (Å²) in [5.74, 6) is -1.19. The number of unbranched alkanes of at least 4 members (excludes halogenated alkanes) is 2. The van der Waals surface area contributed by atoms with E-state index in [1.54, 1.807) is 0 Å². The molecule has 96 valence electrons. The van der Waals surface area contributed by atoms with Gasteiger partial charge in [-0.15, -0.1) is 0 Å². The van der Waals surface area contributed by atoms with Crippen LogP contribution >= 0.6 is 0 Å². The molecule has 0 aliphatic rings. The number of hydrogen-bond donors (Lipinski definition) is 0. The van der Waals surface area contributed by atoms with Gasteiger partial charge in [0, 0.05) is 0 Å². The second-order valence-electron chi connectivity index (χ2n) is 3.81. The van der Waals surface area contributed by atoms with Crippen LogP contribution in [0.25, 0.3) is 0 Å². The van der Waals surface area contributed by atoms with Crippen molar-refractivity contribution in [2.24, 2.45) is 0 Å². The number of benzene rings is 1. The average Bonchev–Trinajstić information content (AvgIpc) is 2.25. The second kappa shape index (κ2) is 8.58. The normalized spacial score (nSPS) is 10.9. The predicted molar refractivity (Wildman–Crippen MR) is 60.1 cm³/mol. The van der Waals surface area contributed by atoms with Crippen molar-refractivity contribution in [1.82, 2.24) is 0 Å². The van der Waals surface area contributed by atoms with E-state index < -0.39 is 18.3 Å². The predicted octanol–water partition coefficient (Wildman–Crippen LogP) is 0.453. The molecule has 0 saturated heterocycles. The van der Waals surface area contributed by atoms with Gasteiger partial charge in [0.25, 0.3) is 0 Å². The van der Waals surface area contributed by atoms with Crippen LogP contribution in [0.4, 0.5) is 17.3 Å². The molecule has 1 aromatic rings. The molecule has 0 amide bonds. The fraction of sp³-hybridized carbons (Fsp3) is 0.455. The summed E-state index contributed by atoms with van der Waals surface area (Å²) in [5, 5.41) is 0. The van der Waals surface area contributed by atoms with Crippen molar-refractivity contribution >= 4 is 12.4 Å². The van der Waals surface area contributed by atoms with Crippen molar-refractivity contribution in [2.75, 3.05) is 6.61 Å². The molecule has 0 aliphatic carbocycles. The third-order valence-electron chi connectivity index (χ3n) is 2.33. The summed E-state index contributed by atoms with van der Waals surface area (Å²) in [6.07, 6.45) is 2.55. The van der Waals surface area contributed by atoms with Crippen molar-refractivity contribution in [3.63, 3.8) is 0 Å². The summed E-state index contributed by atoms with van der Waals surface area (Å²) in [5.41, 5.74) is -0.999. The Kier molecular flexibility index (Phi) is 8.79. The van der Waals surface area contributed by atoms with E-state index in [0.29, 0.717) is 12.5 Å². The summed E-state index contributed by atoms with van der Waals surface area (Å²) in [6, 6.07) is 2.49. The Balaban J connectivity index is 0.00000289. The van der Waals surface area contributed by atoms with E-state index in [1.165, 1.54) is 0 Å². The number of ether oxygens (including phenoxy) is 1. The van der Waals surface area contributed by atoms with Gasteiger partial charge in [-0.2, -0.15) is 0 Å². The quantitative estimate of drug-likeness (QED) is 0.420. The molecule has 0 atom stereocenters. The smallest absolute Gasteiger partial charge is 0.497 e. The van der Waals surface area contributed by atoms with Gasteiger partial charge < -0.3 is 17.7 Å². The van der Waals surface area contributed by atoms with E-state index >= 15 is 0 Å². The largest absolute Gasteiger partial charge is 1.00 e. The zero-order valence-electron chi connectivity index (χ0n) is 10.6. The minimum atomic E-state index is -5.25. The van der Waals surface area contributed by atoms with Crippen LogP contribution in [-0.2, 0) is 0 Å². The maximum atomic E-state index is 12.8. The summed E-state index contributed by atoms with van der Waals surface area (Å²) >= 11 is 0. The zero-order valence-corrected chi connectivity index (χ0v) is 13.7. The standard InChI is InChI=1S/C11H14BF4O.K/c1-2-3-4-7-17-11-6-5-9(13)8-10(11)12(14,15)16;/h5-6,8H,2-4,7H2,1H3;/q-1;+1. The summed E-state index contributed by atoms with van der Waals surface area (Å²) < 4.78 is 55.7. The summed E-state index contributed by atoms with van der Waals surface area (Å²) in [7, 11) is 0. The Bertz CT molecular complexity index is 371. The minimum Gasteiger partial charge on any atom is -0.497 e. The molecule has 1 nitrogen and oxygen atoms in total. The molecule has 0 unspecified atom stereocenters. The molecule has 0 N–H and O–H groups in total. The van der Waals surface area contributed by atoms with Gasteiger partial charge in [-0.3, -0.25) is 0 Å². The topological polar surface area (TPSA) is 9.23 Å². The molecule has 0 aromatic heterocycles. The van der Waals surface area contributed by atoms with E-state index in [2.05, 4.69) is 0 Å². The van der Waals surface area contributed by atoms with Gasteiger partial charge in [-0.05, 0) is 24.6 Å². The molecular weight excluding hydrogens is 274 g/mol. The molecule has 0 fully saturated rings. The Morgan fingerprint density at radius 1 is 1.17 bits per heavy atom. The molecule has 0 bridgehead atoms. The molecule has 0 radical (unpaired) electrons. The zero-order chi connectivity index (χ0) is 12.9. The van der Waals surface area contributed by atoms with Crippen molar-refractivity contribution in [1.29, 1.82) is 0 Å². The minimum absolute atomic E-state index is 0. The van der Waals surface area contributed by atoms with Crippen LogP contribution in [0.5, 0.6) is 5.75 Å². The first-order valence-electron chi connectivity index (χ1n) is 5.57. The van der Waals surface area contributed by atoms with E-state index in [0.717, 1.165) is 25.0 Å². The van der Waals surface area contributed by atoms with Gasteiger partial charge in [0.1, 0.15) is 5.82 Å². The third-order valence-corrected chi connectivity index (χ3v) is 2.33. The summed E-state index contributed by atoms with van der Waals surface area (Å²) in [6.45, 7) is -3.04. The molecule has 18 heavy (non-hydrogen) atoms. The van der Waals surface area contributed by atoms with Crippen LogP contribution in [0.2, 0.25) is 0 Å². The van der Waals surface area contributed by atoms with Crippen LogP contribution in [-0.4, -0.2) is 13.6 Å². The first-order chi connectivity index (χ1) is 7.95. The van der Waals surface area contributed by atoms with Crippen LogP contribution < -0.4 is 61.6 Å². The van der Waals surface area contributed by atoms with Gasteiger partial charge in [0.05, 0.1) is 12.4 Å². The van der Waals surface area contributed by atoms with Crippen LogP contribution in [0.15, 0.2) is 18.2 Å². The number of halogens is 4. The molecule has 0 spiro atoms.